The minimum absolute atomic E-state index is 0.120. The first kappa shape index (κ1) is 14.9. The molecule has 2 aromatic rings. The molecule has 21 heavy (non-hydrogen) atoms. The fourth-order valence-corrected chi connectivity index (χ4v) is 2.20. The number of carboxylic acid groups (broad SMARTS) is 1. The molecular weight excluding hydrogens is 272 g/mol. The summed E-state index contributed by atoms with van der Waals surface area (Å²) in [6.07, 6.45) is 1.87. The van der Waals surface area contributed by atoms with Crippen LogP contribution in [0.5, 0.6) is 5.75 Å². The number of nitrogens with zero attached hydrogens (tertiary/aromatic N) is 1. The molecule has 0 fully saturated rings. The summed E-state index contributed by atoms with van der Waals surface area (Å²) in [7, 11) is 3.07. The van der Waals surface area contributed by atoms with E-state index in [0.717, 1.165) is 16.5 Å². The minimum Gasteiger partial charge on any atom is -0.496 e. The van der Waals surface area contributed by atoms with Crippen LogP contribution < -0.4 is 4.74 Å². The minimum atomic E-state index is -1.03. The number of amides is 1. The predicted octanol–water partition coefficient (Wildman–Crippen LogP) is 1.65. The van der Waals surface area contributed by atoms with Crippen molar-refractivity contribution in [1.29, 1.82) is 0 Å². The lowest BCUT2D eigenvalue weighted by atomic mass is 10.1. The summed E-state index contributed by atoms with van der Waals surface area (Å²) in [5, 5.41) is 9.81. The van der Waals surface area contributed by atoms with Gasteiger partial charge in [-0.3, -0.25) is 4.79 Å². The third-order valence-electron chi connectivity index (χ3n) is 3.64. The van der Waals surface area contributed by atoms with E-state index in [-0.39, 0.29) is 12.3 Å². The Hall–Kier alpha value is -2.50. The lowest BCUT2D eigenvalue weighted by Gasteiger charge is -2.21. The van der Waals surface area contributed by atoms with Gasteiger partial charge < -0.3 is 19.7 Å². The monoisotopic (exact) mass is 290 g/mol. The molecule has 1 heterocycles. The van der Waals surface area contributed by atoms with Gasteiger partial charge in [-0.25, -0.2) is 4.79 Å². The maximum absolute atomic E-state index is 12.2. The molecule has 0 bridgehead atoms. The number of carbonyl (C=O) groups is 2. The molecule has 1 atom stereocenters. The van der Waals surface area contributed by atoms with E-state index in [4.69, 9.17) is 9.84 Å². The number of aromatic amines is 1. The lowest BCUT2D eigenvalue weighted by molar-refractivity contribution is -0.147. The van der Waals surface area contributed by atoms with Gasteiger partial charge in [-0.15, -0.1) is 0 Å². The first-order chi connectivity index (χ1) is 9.95. The molecule has 0 saturated heterocycles. The molecule has 112 valence electrons. The maximum atomic E-state index is 12.2. The third kappa shape index (κ3) is 2.84. The largest absolute Gasteiger partial charge is 0.496 e. The molecule has 6 nitrogen and oxygen atoms in total. The molecule has 1 aromatic carbocycles. The highest BCUT2D eigenvalue weighted by molar-refractivity contribution is 5.93. The molecule has 0 radical (unpaired) electrons. The van der Waals surface area contributed by atoms with E-state index in [0.29, 0.717) is 5.75 Å². The molecule has 6 heteroatoms. The first-order valence-electron chi connectivity index (χ1n) is 6.57. The zero-order valence-corrected chi connectivity index (χ0v) is 12.2. The quantitative estimate of drug-likeness (QED) is 0.877. The Labute approximate surface area is 122 Å². The number of methoxy groups -OCH3 is 1. The number of rotatable bonds is 5. The zero-order valence-electron chi connectivity index (χ0n) is 12.2. The van der Waals surface area contributed by atoms with Crippen LogP contribution in [0.3, 0.4) is 0 Å². The second-order valence-electron chi connectivity index (χ2n) is 4.89. The molecule has 1 unspecified atom stereocenters. The molecule has 1 amide bonds. The highest BCUT2D eigenvalue weighted by Gasteiger charge is 2.23. The number of aliphatic carboxylic acids is 1. The average molecular weight is 290 g/mol. The Balaban J connectivity index is 2.28. The smallest absolute Gasteiger partial charge is 0.326 e. The topological polar surface area (TPSA) is 82.6 Å². The first-order valence-corrected chi connectivity index (χ1v) is 6.57. The van der Waals surface area contributed by atoms with Crippen molar-refractivity contribution in [2.75, 3.05) is 14.2 Å². The van der Waals surface area contributed by atoms with Gasteiger partial charge in [-0.2, -0.15) is 0 Å². The van der Waals surface area contributed by atoms with Gasteiger partial charge in [0.15, 0.2) is 0 Å². The van der Waals surface area contributed by atoms with Crippen LogP contribution in [0.1, 0.15) is 12.5 Å². The molecule has 0 aliphatic carbocycles. The Morgan fingerprint density at radius 2 is 2.14 bits per heavy atom. The maximum Gasteiger partial charge on any atom is 0.326 e. The van der Waals surface area contributed by atoms with Crippen LogP contribution >= 0.6 is 0 Å². The Morgan fingerprint density at radius 3 is 2.76 bits per heavy atom. The number of carbonyl (C=O) groups excluding carboxylic acids is 1. The van der Waals surface area contributed by atoms with E-state index in [1.165, 1.54) is 18.9 Å². The second-order valence-corrected chi connectivity index (χ2v) is 4.89. The van der Waals surface area contributed by atoms with Crippen molar-refractivity contribution in [3.63, 3.8) is 0 Å². The van der Waals surface area contributed by atoms with Gasteiger partial charge in [0.25, 0.3) is 0 Å². The highest BCUT2D eigenvalue weighted by atomic mass is 16.5. The van der Waals surface area contributed by atoms with Crippen LogP contribution in [-0.2, 0) is 16.0 Å². The predicted molar refractivity (Wildman–Crippen MR) is 78.4 cm³/mol. The molecule has 0 spiro atoms. The van der Waals surface area contributed by atoms with Crippen molar-refractivity contribution in [2.45, 2.75) is 19.4 Å². The number of ether oxygens (including phenoxy) is 1. The van der Waals surface area contributed by atoms with Crippen LogP contribution in [0.4, 0.5) is 0 Å². The van der Waals surface area contributed by atoms with E-state index < -0.39 is 12.0 Å². The van der Waals surface area contributed by atoms with Gasteiger partial charge in [0.05, 0.1) is 13.5 Å². The summed E-state index contributed by atoms with van der Waals surface area (Å²) in [5.74, 6) is -0.593. The molecule has 0 saturated carbocycles. The van der Waals surface area contributed by atoms with Crippen LogP contribution in [0.25, 0.3) is 10.9 Å². The van der Waals surface area contributed by atoms with Crippen molar-refractivity contribution < 1.29 is 19.4 Å². The summed E-state index contributed by atoms with van der Waals surface area (Å²) < 4.78 is 5.32. The van der Waals surface area contributed by atoms with E-state index in [9.17, 15) is 9.59 Å². The van der Waals surface area contributed by atoms with E-state index >= 15 is 0 Å². The van der Waals surface area contributed by atoms with Crippen LogP contribution in [-0.4, -0.2) is 47.1 Å². The van der Waals surface area contributed by atoms with Crippen LogP contribution in [0, 0.1) is 0 Å². The van der Waals surface area contributed by atoms with Crippen molar-refractivity contribution in [2.24, 2.45) is 0 Å². The SMILES string of the molecule is COc1cccc2[nH]cc(CC(=O)N(C)C(C)C(=O)O)c12. The molecule has 1 aromatic heterocycles. The number of nitrogens with one attached hydrogen (secondary N) is 1. The fourth-order valence-electron chi connectivity index (χ4n) is 2.20. The molecule has 2 N–H and O–H groups in total. The number of benzene rings is 1. The fraction of sp³-hybridized carbons (Fsp3) is 0.333. The molecule has 0 aliphatic rings. The average Bonchev–Trinajstić information content (AvgIpc) is 2.88. The standard InChI is InChI=1S/C15H18N2O4/c1-9(15(19)20)17(2)13(18)7-10-8-16-11-5-4-6-12(21-3)14(10)11/h4-6,8-9,16H,7H2,1-3H3,(H,19,20). The Bertz CT molecular complexity index is 677. The second kappa shape index (κ2) is 5.87. The van der Waals surface area contributed by atoms with Gasteiger partial charge in [0.1, 0.15) is 11.8 Å². The number of aromatic nitrogens is 1. The number of H-pyrrole nitrogens is 1. The highest BCUT2D eigenvalue weighted by Crippen LogP contribution is 2.29. The summed E-state index contributed by atoms with van der Waals surface area (Å²) in [6, 6.07) is 4.73. The lowest BCUT2D eigenvalue weighted by Crippen LogP contribution is -2.40. The number of hydrogen-bond acceptors (Lipinski definition) is 3. The normalized spacial score (nSPS) is 12.1. The van der Waals surface area contributed by atoms with E-state index in [1.807, 2.05) is 18.2 Å². The van der Waals surface area contributed by atoms with Crippen molar-refractivity contribution in [3.8, 4) is 5.75 Å². The summed E-state index contributed by atoms with van der Waals surface area (Å²) in [6.45, 7) is 1.48. The molecule has 0 aliphatic heterocycles. The van der Waals surface area contributed by atoms with Crippen molar-refractivity contribution >= 4 is 22.8 Å². The number of hydrogen-bond donors (Lipinski definition) is 2. The van der Waals surface area contributed by atoms with Gasteiger partial charge in [0.2, 0.25) is 5.91 Å². The molecular formula is C15H18N2O4. The van der Waals surface area contributed by atoms with E-state index in [1.54, 1.807) is 13.3 Å². The van der Waals surface area contributed by atoms with Gasteiger partial charge in [-0.1, -0.05) is 6.07 Å². The summed E-state index contributed by atoms with van der Waals surface area (Å²) in [4.78, 5) is 27.5. The third-order valence-corrected chi connectivity index (χ3v) is 3.64. The number of likely N-dealkylation sites (N-methyl/N-ethyl adjacent to an activating group) is 1. The zero-order chi connectivity index (χ0) is 15.6. The van der Waals surface area contributed by atoms with E-state index in [2.05, 4.69) is 4.98 Å². The molecule has 2 rings (SSSR count). The Kier molecular flexibility index (Phi) is 4.16. The number of carboxylic acids is 1. The van der Waals surface area contributed by atoms with Gasteiger partial charge in [0, 0.05) is 24.1 Å². The van der Waals surface area contributed by atoms with Crippen LogP contribution in [0.2, 0.25) is 0 Å². The Morgan fingerprint density at radius 1 is 1.43 bits per heavy atom. The van der Waals surface area contributed by atoms with Crippen molar-refractivity contribution in [1.82, 2.24) is 9.88 Å². The van der Waals surface area contributed by atoms with Crippen molar-refractivity contribution in [3.05, 3.63) is 30.0 Å². The number of fused-ring (bicyclic) bond motifs is 1. The van der Waals surface area contributed by atoms with Crippen LogP contribution in [0.15, 0.2) is 24.4 Å². The summed E-state index contributed by atoms with van der Waals surface area (Å²) in [5.41, 5.74) is 1.67. The summed E-state index contributed by atoms with van der Waals surface area (Å²) >= 11 is 0. The van der Waals surface area contributed by atoms with Gasteiger partial charge >= 0.3 is 5.97 Å². The van der Waals surface area contributed by atoms with Gasteiger partial charge in [-0.05, 0) is 24.6 Å².